The average Bonchev–Trinajstić information content (AvgIpc) is 3.71. The molecule has 0 amide bonds. The molecule has 212 valence electrons. The number of rotatable bonds is 4. The minimum atomic E-state index is 0.440. The van der Waals surface area contributed by atoms with Crippen LogP contribution in [0.4, 0.5) is 5.82 Å². The molecular formula is C32H33N9O. The van der Waals surface area contributed by atoms with Crippen molar-refractivity contribution in [2.75, 3.05) is 24.6 Å². The molecule has 1 aliphatic heterocycles. The maximum absolute atomic E-state index is 9.81. The molecule has 0 bridgehead atoms. The topological polar surface area (TPSA) is 110 Å². The van der Waals surface area contributed by atoms with E-state index >= 15 is 0 Å². The normalized spacial score (nSPS) is 16.7. The molecule has 1 fully saturated rings. The van der Waals surface area contributed by atoms with E-state index in [0.717, 1.165) is 67.1 Å². The molecule has 2 aliphatic rings. The van der Waals surface area contributed by atoms with Gasteiger partial charge in [-0.25, -0.2) is 14.5 Å². The van der Waals surface area contributed by atoms with Crippen LogP contribution in [0.25, 0.3) is 28.0 Å². The van der Waals surface area contributed by atoms with Gasteiger partial charge in [0.1, 0.15) is 23.0 Å². The lowest BCUT2D eigenvalue weighted by Gasteiger charge is -2.25. The van der Waals surface area contributed by atoms with E-state index in [9.17, 15) is 5.26 Å². The third kappa shape index (κ3) is 5.23. The van der Waals surface area contributed by atoms with Crippen LogP contribution in [0.3, 0.4) is 0 Å². The number of anilines is 1. The predicted molar refractivity (Wildman–Crippen MR) is 159 cm³/mol. The SMILES string of the molecule is N#Cc1cnn2cc(-c3cnn(C4CCCCC4)c3)nc(-c3ccc(N4CCCc5ncccc5COCC4)nc3)c12. The molecule has 1 aliphatic carbocycles. The second kappa shape index (κ2) is 11.7. The van der Waals surface area contributed by atoms with Gasteiger partial charge in [0.15, 0.2) is 0 Å². The first kappa shape index (κ1) is 26.3. The fourth-order valence-electron chi connectivity index (χ4n) is 6.13. The monoisotopic (exact) mass is 559 g/mol. The summed E-state index contributed by atoms with van der Waals surface area (Å²) >= 11 is 0. The Morgan fingerprint density at radius 1 is 0.905 bits per heavy atom. The average molecular weight is 560 g/mol. The quantitative estimate of drug-likeness (QED) is 0.288. The van der Waals surface area contributed by atoms with E-state index in [1.165, 1.54) is 24.8 Å². The lowest BCUT2D eigenvalue weighted by atomic mass is 9.96. The third-order valence-electron chi connectivity index (χ3n) is 8.40. The first-order valence-corrected chi connectivity index (χ1v) is 14.8. The number of aryl methyl sites for hydroxylation is 1. The summed E-state index contributed by atoms with van der Waals surface area (Å²) in [5.41, 5.74) is 6.64. The first-order chi connectivity index (χ1) is 20.8. The molecular weight excluding hydrogens is 526 g/mol. The van der Waals surface area contributed by atoms with Crippen LogP contribution in [0.5, 0.6) is 0 Å². The molecule has 0 saturated heterocycles. The summed E-state index contributed by atoms with van der Waals surface area (Å²) in [6, 6.07) is 10.8. The van der Waals surface area contributed by atoms with Gasteiger partial charge in [-0.3, -0.25) is 9.67 Å². The number of pyridine rings is 2. The lowest BCUT2D eigenvalue weighted by Crippen LogP contribution is -2.30. The zero-order chi connectivity index (χ0) is 28.3. The summed E-state index contributed by atoms with van der Waals surface area (Å²) in [7, 11) is 0. The molecule has 6 heterocycles. The van der Waals surface area contributed by atoms with E-state index < -0.39 is 0 Å². The molecule has 5 aromatic heterocycles. The van der Waals surface area contributed by atoms with Crippen LogP contribution < -0.4 is 4.90 Å². The molecule has 0 atom stereocenters. The molecule has 1 saturated carbocycles. The van der Waals surface area contributed by atoms with Crippen molar-refractivity contribution >= 4 is 11.3 Å². The summed E-state index contributed by atoms with van der Waals surface area (Å²) in [6.45, 7) is 2.80. The highest BCUT2D eigenvalue weighted by Gasteiger charge is 2.20. The summed E-state index contributed by atoms with van der Waals surface area (Å²) in [5, 5.41) is 19.0. The zero-order valence-corrected chi connectivity index (χ0v) is 23.6. The molecule has 7 rings (SSSR count). The second-order valence-electron chi connectivity index (χ2n) is 11.1. The van der Waals surface area contributed by atoms with Crippen molar-refractivity contribution in [2.24, 2.45) is 0 Å². The van der Waals surface area contributed by atoms with Crippen molar-refractivity contribution in [3.05, 3.63) is 78.3 Å². The van der Waals surface area contributed by atoms with Crippen molar-refractivity contribution in [1.82, 2.24) is 34.3 Å². The van der Waals surface area contributed by atoms with Crippen LogP contribution in [-0.4, -0.2) is 54.0 Å². The largest absolute Gasteiger partial charge is 0.375 e. The number of hydrogen-bond donors (Lipinski definition) is 0. The van der Waals surface area contributed by atoms with Gasteiger partial charge in [0, 0.05) is 48.5 Å². The Bertz CT molecular complexity index is 1730. The van der Waals surface area contributed by atoms with Crippen molar-refractivity contribution < 1.29 is 4.74 Å². The van der Waals surface area contributed by atoms with Gasteiger partial charge in [-0.15, -0.1) is 0 Å². The van der Waals surface area contributed by atoms with Gasteiger partial charge in [0.25, 0.3) is 0 Å². The first-order valence-electron chi connectivity index (χ1n) is 14.8. The highest BCUT2D eigenvalue weighted by atomic mass is 16.5. The van der Waals surface area contributed by atoms with Crippen LogP contribution in [0.1, 0.15) is 61.4 Å². The van der Waals surface area contributed by atoms with Gasteiger partial charge in [-0.05, 0) is 49.4 Å². The number of hydrogen-bond acceptors (Lipinski definition) is 8. The standard InChI is InChI=1S/C32H33N9O/c33-16-25-18-37-41-21-29(26-19-36-40(20-26)27-7-2-1-3-8-27)38-31(32(25)41)23-10-11-30(35-17-23)39-13-5-9-28-24(6-4-12-34-28)22-42-15-14-39/h4,6,10-12,17-21,27H,1-3,5,7-9,13-15,22H2. The Hall–Kier alpha value is -4.62. The summed E-state index contributed by atoms with van der Waals surface area (Å²) in [5.74, 6) is 0.888. The highest BCUT2D eigenvalue weighted by molar-refractivity contribution is 5.83. The van der Waals surface area contributed by atoms with Gasteiger partial charge < -0.3 is 9.64 Å². The Morgan fingerprint density at radius 3 is 2.69 bits per heavy atom. The van der Waals surface area contributed by atoms with Crippen molar-refractivity contribution in [3.63, 3.8) is 0 Å². The molecule has 0 N–H and O–H groups in total. The van der Waals surface area contributed by atoms with E-state index in [1.807, 2.05) is 43.0 Å². The molecule has 5 aromatic rings. The minimum absolute atomic E-state index is 0.440. The van der Waals surface area contributed by atoms with Crippen LogP contribution in [-0.2, 0) is 17.8 Å². The van der Waals surface area contributed by atoms with Crippen LogP contribution in [0.15, 0.2) is 61.4 Å². The molecule has 10 heteroatoms. The van der Waals surface area contributed by atoms with E-state index in [-0.39, 0.29) is 0 Å². The molecule has 0 aromatic carbocycles. The smallest absolute Gasteiger partial charge is 0.128 e. The van der Waals surface area contributed by atoms with Crippen LogP contribution in [0, 0.1) is 11.3 Å². The van der Waals surface area contributed by atoms with Gasteiger partial charge in [0.2, 0.25) is 0 Å². The Morgan fingerprint density at radius 2 is 1.83 bits per heavy atom. The predicted octanol–water partition coefficient (Wildman–Crippen LogP) is 5.40. The maximum Gasteiger partial charge on any atom is 0.128 e. The van der Waals surface area contributed by atoms with E-state index in [4.69, 9.17) is 14.7 Å². The fourth-order valence-corrected chi connectivity index (χ4v) is 6.13. The van der Waals surface area contributed by atoms with Crippen molar-refractivity contribution in [2.45, 2.75) is 57.6 Å². The summed E-state index contributed by atoms with van der Waals surface area (Å²) < 4.78 is 9.81. The molecule has 42 heavy (non-hydrogen) atoms. The van der Waals surface area contributed by atoms with Gasteiger partial charge in [-0.2, -0.15) is 15.5 Å². The van der Waals surface area contributed by atoms with Crippen LogP contribution in [0.2, 0.25) is 0 Å². The van der Waals surface area contributed by atoms with E-state index in [2.05, 4.69) is 43.1 Å². The van der Waals surface area contributed by atoms with E-state index in [0.29, 0.717) is 36.0 Å². The van der Waals surface area contributed by atoms with Crippen molar-refractivity contribution in [1.29, 1.82) is 5.26 Å². The van der Waals surface area contributed by atoms with Crippen LogP contribution >= 0.6 is 0 Å². The minimum Gasteiger partial charge on any atom is -0.375 e. The number of nitriles is 1. The Labute approximate surface area is 244 Å². The molecule has 0 spiro atoms. The van der Waals surface area contributed by atoms with E-state index in [1.54, 1.807) is 10.7 Å². The number of fused-ring (bicyclic) bond motifs is 2. The zero-order valence-electron chi connectivity index (χ0n) is 23.6. The molecule has 0 unspecified atom stereocenters. The van der Waals surface area contributed by atoms with Crippen molar-refractivity contribution in [3.8, 4) is 28.6 Å². The lowest BCUT2D eigenvalue weighted by molar-refractivity contribution is 0.125. The molecule has 10 nitrogen and oxygen atoms in total. The number of aromatic nitrogens is 7. The Balaban J connectivity index is 1.17. The molecule has 0 radical (unpaired) electrons. The highest BCUT2D eigenvalue weighted by Crippen LogP contribution is 2.32. The number of ether oxygens (including phenoxy) is 1. The maximum atomic E-state index is 9.81. The second-order valence-corrected chi connectivity index (χ2v) is 11.1. The summed E-state index contributed by atoms with van der Waals surface area (Å²) in [6.07, 6.45) is 19.1. The van der Waals surface area contributed by atoms with Gasteiger partial charge >= 0.3 is 0 Å². The third-order valence-corrected chi connectivity index (χ3v) is 8.40. The Kier molecular flexibility index (Phi) is 7.33. The fraction of sp³-hybridized carbons (Fsp3) is 0.375. The number of nitrogens with zero attached hydrogens (tertiary/aromatic N) is 9. The van der Waals surface area contributed by atoms with Gasteiger partial charge in [0.05, 0.1) is 49.2 Å². The summed E-state index contributed by atoms with van der Waals surface area (Å²) in [4.78, 5) is 16.7. The van der Waals surface area contributed by atoms with Gasteiger partial charge in [-0.1, -0.05) is 25.3 Å².